The Morgan fingerprint density at radius 2 is 1.75 bits per heavy atom. The molecule has 5 nitrogen and oxygen atoms in total. The van der Waals surface area contributed by atoms with Crippen LogP contribution in [-0.4, -0.2) is 22.9 Å². The van der Waals surface area contributed by atoms with Crippen LogP contribution in [0.25, 0.3) is 5.76 Å². The highest BCUT2D eigenvalue weighted by atomic mass is 79.9. The van der Waals surface area contributed by atoms with Crippen LogP contribution >= 0.6 is 15.9 Å². The lowest BCUT2D eigenvalue weighted by molar-refractivity contribution is -0.132. The summed E-state index contributed by atoms with van der Waals surface area (Å²) in [6, 6.07) is 21.1. The third-order valence-electron chi connectivity index (χ3n) is 5.83. The normalized spacial score (nSPS) is 21.5. The van der Waals surface area contributed by atoms with E-state index in [9.17, 15) is 14.7 Å². The maximum Gasteiger partial charge on any atom is 0.300 e. The SMILES string of the molecule is CC1Cc2cc(/C(O)=C3/C(=O)C(=O)N(c4ccc(Br)cc4)C3c3ccccc3)ccc2O1. The quantitative estimate of drug-likeness (QED) is 0.304. The zero-order chi connectivity index (χ0) is 22.4. The number of halogens is 1. The third kappa shape index (κ3) is 3.41. The molecule has 5 rings (SSSR count). The van der Waals surface area contributed by atoms with E-state index < -0.39 is 17.7 Å². The van der Waals surface area contributed by atoms with Crippen molar-refractivity contribution < 1.29 is 19.4 Å². The van der Waals surface area contributed by atoms with Gasteiger partial charge in [-0.15, -0.1) is 0 Å². The molecule has 1 amide bonds. The van der Waals surface area contributed by atoms with E-state index in [-0.39, 0.29) is 17.4 Å². The molecule has 2 aliphatic heterocycles. The topological polar surface area (TPSA) is 66.8 Å². The second-order valence-corrected chi connectivity index (χ2v) is 8.93. The van der Waals surface area contributed by atoms with Crippen LogP contribution in [0.5, 0.6) is 5.75 Å². The van der Waals surface area contributed by atoms with Gasteiger partial charge in [-0.05, 0) is 60.5 Å². The van der Waals surface area contributed by atoms with E-state index in [0.717, 1.165) is 27.8 Å². The predicted molar refractivity (Wildman–Crippen MR) is 126 cm³/mol. The monoisotopic (exact) mass is 489 g/mol. The number of carbonyl (C=O) groups excluding carboxylic acids is 2. The molecule has 0 bridgehead atoms. The molecule has 2 heterocycles. The van der Waals surface area contributed by atoms with Crippen LogP contribution in [0.3, 0.4) is 0 Å². The van der Waals surface area contributed by atoms with Crippen molar-refractivity contribution in [2.75, 3.05) is 4.90 Å². The third-order valence-corrected chi connectivity index (χ3v) is 6.36. The van der Waals surface area contributed by atoms with Crippen LogP contribution in [0.1, 0.15) is 29.7 Å². The number of ketones is 1. The van der Waals surface area contributed by atoms with Crippen LogP contribution in [0.15, 0.2) is 82.8 Å². The number of amides is 1. The van der Waals surface area contributed by atoms with Gasteiger partial charge in [0.05, 0.1) is 11.6 Å². The summed E-state index contributed by atoms with van der Waals surface area (Å²) in [5, 5.41) is 11.3. The lowest BCUT2D eigenvalue weighted by Crippen LogP contribution is -2.29. The van der Waals surface area contributed by atoms with Crippen molar-refractivity contribution in [2.45, 2.75) is 25.5 Å². The van der Waals surface area contributed by atoms with Gasteiger partial charge in [0.1, 0.15) is 17.6 Å². The average Bonchev–Trinajstić information content (AvgIpc) is 3.30. The molecular weight excluding hydrogens is 470 g/mol. The van der Waals surface area contributed by atoms with E-state index in [1.165, 1.54) is 4.90 Å². The van der Waals surface area contributed by atoms with Gasteiger partial charge in [0.2, 0.25) is 0 Å². The van der Waals surface area contributed by atoms with Gasteiger partial charge >= 0.3 is 0 Å². The summed E-state index contributed by atoms with van der Waals surface area (Å²) in [6.45, 7) is 1.98. The second-order valence-electron chi connectivity index (χ2n) is 8.01. The summed E-state index contributed by atoms with van der Waals surface area (Å²) in [6.07, 6.45) is 0.793. The number of fused-ring (bicyclic) bond motifs is 1. The fraction of sp³-hybridized carbons (Fsp3) is 0.154. The zero-order valence-corrected chi connectivity index (χ0v) is 18.9. The zero-order valence-electron chi connectivity index (χ0n) is 17.3. The molecule has 3 aromatic rings. The Balaban J connectivity index is 1.68. The maximum absolute atomic E-state index is 13.2. The van der Waals surface area contributed by atoms with Crippen molar-refractivity contribution in [1.29, 1.82) is 0 Å². The van der Waals surface area contributed by atoms with Crippen LogP contribution in [0.4, 0.5) is 5.69 Å². The molecule has 2 unspecified atom stereocenters. The number of Topliss-reactive ketones (excluding diaryl/α,β-unsaturated/α-hetero) is 1. The first kappa shape index (κ1) is 20.5. The van der Waals surface area contributed by atoms with Crippen molar-refractivity contribution in [3.05, 3.63) is 99.5 Å². The molecule has 0 saturated carbocycles. The molecular formula is C26H20BrNO4. The van der Waals surface area contributed by atoms with Gasteiger partial charge in [-0.2, -0.15) is 0 Å². The molecule has 32 heavy (non-hydrogen) atoms. The molecule has 6 heteroatoms. The van der Waals surface area contributed by atoms with Crippen LogP contribution in [-0.2, 0) is 16.0 Å². The first-order chi connectivity index (χ1) is 15.4. The minimum Gasteiger partial charge on any atom is -0.507 e. The number of benzene rings is 3. The molecule has 0 spiro atoms. The number of carbonyl (C=O) groups is 2. The Labute approximate surface area is 194 Å². The summed E-state index contributed by atoms with van der Waals surface area (Å²) in [5.41, 5.74) is 2.88. The number of aliphatic hydroxyl groups is 1. The standard InChI is InChI=1S/C26H20BrNO4/c1-15-13-18-14-17(7-12-21(18)32-15)24(29)22-23(16-5-3-2-4-6-16)28(26(31)25(22)30)20-10-8-19(27)9-11-20/h2-12,14-15,23,29H,13H2,1H3/b24-22-. The molecule has 2 atom stereocenters. The molecule has 2 aliphatic rings. The Morgan fingerprint density at radius 1 is 1.03 bits per heavy atom. The molecule has 0 aromatic heterocycles. The lowest BCUT2D eigenvalue weighted by Gasteiger charge is -2.25. The van der Waals surface area contributed by atoms with Crippen molar-refractivity contribution in [3.8, 4) is 5.75 Å². The van der Waals surface area contributed by atoms with Gasteiger partial charge in [0, 0.05) is 22.1 Å². The number of hydrogen-bond acceptors (Lipinski definition) is 4. The summed E-state index contributed by atoms with van der Waals surface area (Å²) >= 11 is 3.41. The van der Waals surface area contributed by atoms with Crippen molar-refractivity contribution in [2.24, 2.45) is 0 Å². The second kappa shape index (κ2) is 7.95. The van der Waals surface area contributed by atoms with E-state index in [4.69, 9.17) is 4.74 Å². The maximum atomic E-state index is 13.2. The smallest absolute Gasteiger partial charge is 0.300 e. The Bertz CT molecular complexity index is 1250. The van der Waals surface area contributed by atoms with Gasteiger partial charge in [-0.3, -0.25) is 14.5 Å². The first-order valence-electron chi connectivity index (χ1n) is 10.4. The number of anilines is 1. The minimum absolute atomic E-state index is 0.0645. The molecule has 0 radical (unpaired) electrons. The van der Waals surface area contributed by atoms with Crippen molar-refractivity contribution in [1.82, 2.24) is 0 Å². The fourth-order valence-electron chi connectivity index (χ4n) is 4.38. The van der Waals surface area contributed by atoms with Gasteiger partial charge in [0.15, 0.2) is 0 Å². The number of aliphatic hydroxyl groups excluding tert-OH is 1. The summed E-state index contributed by atoms with van der Waals surface area (Å²) < 4.78 is 6.61. The minimum atomic E-state index is -0.735. The highest BCUT2D eigenvalue weighted by Crippen LogP contribution is 2.43. The Morgan fingerprint density at radius 3 is 2.47 bits per heavy atom. The van der Waals surface area contributed by atoms with E-state index in [1.54, 1.807) is 24.3 Å². The van der Waals surface area contributed by atoms with Crippen LogP contribution in [0, 0.1) is 0 Å². The van der Waals surface area contributed by atoms with E-state index >= 15 is 0 Å². The molecule has 1 N–H and O–H groups in total. The number of ether oxygens (including phenoxy) is 1. The van der Waals surface area contributed by atoms with Gasteiger partial charge in [-0.1, -0.05) is 46.3 Å². The van der Waals surface area contributed by atoms with Crippen molar-refractivity contribution in [3.63, 3.8) is 0 Å². The predicted octanol–water partition coefficient (Wildman–Crippen LogP) is 5.40. The summed E-state index contributed by atoms with van der Waals surface area (Å²) in [7, 11) is 0. The Hall–Kier alpha value is -3.38. The molecule has 1 fully saturated rings. The molecule has 1 saturated heterocycles. The first-order valence-corrected chi connectivity index (χ1v) is 11.1. The molecule has 0 aliphatic carbocycles. The van der Waals surface area contributed by atoms with Gasteiger partial charge in [-0.25, -0.2) is 0 Å². The Kier molecular flexibility index (Phi) is 5.10. The molecule has 160 valence electrons. The van der Waals surface area contributed by atoms with Crippen molar-refractivity contribution >= 4 is 39.1 Å². The average molecular weight is 490 g/mol. The fourth-order valence-corrected chi connectivity index (χ4v) is 4.64. The lowest BCUT2D eigenvalue weighted by atomic mass is 9.94. The summed E-state index contributed by atoms with van der Waals surface area (Å²) in [5.74, 6) is -0.770. The largest absolute Gasteiger partial charge is 0.507 e. The van der Waals surface area contributed by atoms with Crippen LogP contribution in [0.2, 0.25) is 0 Å². The highest BCUT2D eigenvalue weighted by Gasteiger charge is 2.47. The summed E-state index contributed by atoms with van der Waals surface area (Å²) in [4.78, 5) is 27.8. The van der Waals surface area contributed by atoms with E-state index in [2.05, 4.69) is 15.9 Å². The number of nitrogens with zero attached hydrogens (tertiary/aromatic N) is 1. The number of hydrogen-bond donors (Lipinski definition) is 1. The molecule has 3 aromatic carbocycles. The van der Waals surface area contributed by atoms with Gasteiger partial charge in [0.25, 0.3) is 11.7 Å². The highest BCUT2D eigenvalue weighted by molar-refractivity contribution is 9.10. The van der Waals surface area contributed by atoms with E-state index in [0.29, 0.717) is 11.3 Å². The number of rotatable bonds is 3. The van der Waals surface area contributed by atoms with Crippen LogP contribution < -0.4 is 9.64 Å². The van der Waals surface area contributed by atoms with Gasteiger partial charge < -0.3 is 9.84 Å². The van der Waals surface area contributed by atoms with E-state index in [1.807, 2.05) is 55.5 Å².